The summed E-state index contributed by atoms with van der Waals surface area (Å²) < 4.78 is 34.0. The largest absolute Gasteiger partial charge is 0.495 e. The molecule has 0 aliphatic carbocycles. The van der Waals surface area contributed by atoms with Gasteiger partial charge in [-0.1, -0.05) is 35.9 Å². The average Bonchev–Trinajstić information content (AvgIpc) is 2.82. The van der Waals surface area contributed by atoms with Crippen molar-refractivity contribution >= 4 is 38.9 Å². The maximum atomic E-state index is 13.8. The molecule has 0 radical (unpaired) electrons. The highest BCUT2D eigenvalue weighted by molar-refractivity contribution is 7.92. The molecule has 1 aliphatic rings. The van der Waals surface area contributed by atoms with E-state index in [1.54, 1.807) is 54.6 Å². The van der Waals surface area contributed by atoms with Gasteiger partial charge in [-0.3, -0.25) is 18.8 Å². The molecule has 3 aromatic rings. The number of nitrogens with zero attached hydrogens (tertiary/aromatic N) is 2. The molecular formula is C25H25N3O5S. The molecule has 0 unspecified atom stereocenters. The number of hydrogen-bond donors (Lipinski definition) is 1. The minimum Gasteiger partial charge on any atom is -0.495 e. The Kier molecular flexibility index (Phi) is 6.30. The number of carbonyl (C=O) groups is 2. The van der Waals surface area contributed by atoms with E-state index in [9.17, 15) is 18.0 Å². The van der Waals surface area contributed by atoms with Gasteiger partial charge in [-0.25, -0.2) is 8.42 Å². The highest BCUT2D eigenvalue weighted by Crippen LogP contribution is 2.35. The molecule has 176 valence electrons. The van der Waals surface area contributed by atoms with Crippen molar-refractivity contribution in [3.8, 4) is 5.75 Å². The summed E-state index contributed by atoms with van der Waals surface area (Å²) in [5.74, 6) is -0.583. The minimum absolute atomic E-state index is 0.0475. The number of rotatable bonds is 6. The van der Waals surface area contributed by atoms with Crippen LogP contribution in [0.15, 0.2) is 71.6 Å². The molecule has 0 bridgehead atoms. The molecule has 0 spiro atoms. The molecule has 3 aromatic carbocycles. The fourth-order valence-corrected chi connectivity index (χ4v) is 5.21. The Hall–Kier alpha value is -3.85. The molecule has 4 rings (SSSR count). The third kappa shape index (κ3) is 4.47. The number of benzene rings is 3. The van der Waals surface area contributed by atoms with Gasteiger partial charge in [0.05, 0.1) is 29.1 Å². The first kappa shape index (κ1) is 23.3. The van der Waals surface area contributed by atoms with Crippen molar-refractivity contribution in [2.45, 2.75) is 18.7 Å². The molecule has 9 heteroatoms. The Bertz CT molecular complexity index is 1350. The zero-order valence-corrected chi connectivity index (χ0v) is 19.9. The maximum Gasteiger partial charge on any atom is 0.264 e. The van der Waals surface area contributed by atoms with Crippen LogP contribution in [0, 0.1) is 13.8 Å². The number of hydrogen-bond acceptors (Lipinski definition) is 5. The second-order valence-electron chi connectivity index (χ2n) is 8.05. The number of aryl methyl sites for hydroxylation is 2. The van der Waals surface area contributed by atoms with Crippen LogP contribution >= 0.6 is 0 Å². The van der Waals surface area contributed by atoms with Gasteiger partial charge in [0.2, 0.25) is 11.8 Å². The Morgan fingerprint density at radius 1 is 1.03 bits per heavy atom. The zero-order chi connectivity index (χ0) is 24.5. The molecule has 0 fully saturated rings. The van der Waals surface area contributed by atoms with E-state index in [1.165, 1.54) is 24.1 Å². The number of carbonyl (C=O) groups excluding carboxylic acids is 2. The van der Waals surface area contributed by atoms with Crippen molar-refractivity contribution in [3.05, 3.63) is 77.9 Å². The van der Waals surface area contributed by atoms with Crippen molar-refractivity contribution in [1.29, 1.82) is 0 Å². The number of sulfonamides is 1. The summed E-state index contributed by atoms with van der Waals surface area (Å²) in [5, 5.41) is 2.73. The molecule has 0 saturated heterocycles. The van der Waals surface area contributed by atoms with Crippen molar-refractivity contribution in [2.24, 2.45) is 0 Å². The average molecular weight is 480 g/mol. The van der Waals surface area contributed by atoms with Crippen LogP contribution in [0.1, 0.15) is 11.1 Å². The van der Waals surface area contributed by atoms with Gasteiger partial charge in [-0.05, 0) is 55.8 Å². The van der Waals surface area contributed by atoms with Crippen molar-refractivity contribution < 1.29 is 22.7 Å². The first-order valence-corrected chi connectivity index (χ1v) is 12.1. The molecule has 1 aliphatic heterocycles. The van der Waals surface area contributed by atoms with Crippen molar-refractivity contribution in [2.75, 3.05) is 34.7 Å². The van der Waals surface area contributed by atoms with E-state index in [1.807, 2.05) is 13.8 Å². The highest BCUT2D eigenvalue weighted by Gasteiger charge is 2.33. The van der Waals surface area contributed by atoms with E-state index in [-0.39, 0.29) is 23.0 Å². The lowest BCUT2D eigenvalue weighted by molar-refractivity contribution is -0.121. The first-order chi connectivity index (χ1) is 16.2. The maximum absolute atomic E-state index is 13.8. The quantitative estimate of drug-likeness (QED) is 0.584. The van der Waals surface area contributed by atoms with Crippen LogP contribution in [-0.4, -0.2) is 40.4 Å². The summed E-state index contributed by atoms with van der Waals surface area (Å²) in [5.41, 5.74) is 2.95. The summed E-state index contributed by atoms with van der Waals surface area (Å²) in [4.78, 5) is 27.1. The van der Waals surface area contributed by atoms with E-state index < -0.39 is 22.5 Å². The van der Waals surface area contributed by atoms with Crippen LogP contribution in [0.3, 0.4) is 0 Å². The minimum atomic E-state index is -4.14. The van der Waals surface area contributed by atoms with Gasteiger partial charge in [-0.2, -0.15) is 0 Å². The third-order valence-corrected chi connectivity index (χ3v) is 7.34. The fourth-order valence-electron chi connectivity index (χ4n) is 3.80. The number of anilines is 3. The molecule has 1 heterocycles. The third-order valence-electron chi connectivity index (χ3n) is 5.56. The number of methoxy groups -OCH3 is 1. The first-order valence-electron chi connectivity index (χ1n) is 10.6. The van der Waals surface area contributed by atoms with E-state index in [0.717, 1.165) is 15.4 Å². The second-order valence-corrected chi connectivity index (χ2v) is 9.91. The Morgan fingerprint density at radius 2 is 1.71 bits per heavy atom. The standard InChI is InChI=1S/C25H25N3O5S/c1-17-8-11-19(12-9-17)34(31,32)28(22-14-18(2)10-13-23(22)33-3)16-25(30)27-15-24(29)26-20-6-4-5-7-21(20)27/h4-14H,15-16H2,1-3H3,(H,26,29). The molecule has 0 atom stereocenters. The summed E-state index contributed by atoms with van der Waals surface area (Å²) in [6, 6.07) is 18.4. The van der Waals surface area contributed by atoms with Crippen LogP contribution in [-0.2, 0) is 19.6 Å². The number of para-hydroxylation sites is 2. The van der Waals surface area contributed by atoms with Gasteiger partial charge in [0.1, 0.15) is 18.8 Å². The van der Waals surface area contributed by atoms with Crippen molar-refractivity contribution in [1.82, 2.24) is 0 Å². The van der Waals surface area contributed by atoms with E-state index >= 15 is 0 Å². The highest BCUT2D eigenvalue weighted by atomic mass is 32.2. The molecule has 0 aromatic heterocycles. The molecule has 8 nitrogen and oxygen atoms in total. The number of nitrogens with one attached hydrogen (secondary N) is 1. The van der Waals surface area contributed by atoms with E-state index in [0.29, 0.717) is 17.1 Å². The van der Waals surface area contributed by atoms with Gasteiger partial charge in [-0.15, -0.1) is 0 Å². The molecule has 1 N–H and O–H groups in total. The Morgan fingerprint density at radius 3 is 2.41 bits per heavy atom. The molecule has 34 heavy (non-hydrogen) atoms. The summed E-state index contributed by atoms with van der Waals surface area (Å²) >= 11 is 0. The van der Waals surface area contributed by atoms with Crippen LogP contribution in [0.2, 0.25) is 0 Å². The normalized spacial score (nSPS) is 13.1. The lowest BCUT2D eigenvalue weighted by Crippen LogP contribution is -2.48. The molecule has 0 saturated carbocycles. The fraction of sp³-hybridized carbons (Fsp3) is 0.200. The smallest absolute Gasteiger partial charge is 0.264 e. The van der Waals surface area contributed by atoms with Crippen LogP contribution in [0.4, 0.5) is 17.1 Å². The predicted octanol–water partition coefficient (Wildman–Crippen LogP) is 3.49. The Labute approximate surface area is 198 Å². The topological polar surface area (TPSA) is 96.0 Å². The van der Waals surface area contributed by atoms with E-state index in [2.05, 4.69) is 5.32 Å². The lowest BCUT2D eigenvalue weighted by atomic mass is 10.2. The van der Waals surface area contributed by atoms with Gasteiger partial charge in [0.15, 0.2) is 0 Å². The molecule has 2 amide bonds. The van der Waals surface area contributed by atoms with Gasteiger partial charge in [0.25, 0.3) is 10.0 Å². The van der Waals surface area contributed by atoms with E-state index in [4.69, 9.17) is 4.74 Å². The van der Waals surface area contributed by atoms with Crippen LogP contribution in [0.5, 0.6) is 5.75 Å². The number of amides is 2. The van der Waals surface area contributed by atoms with Gasteiger partial charge in [0, 0.05) is 0 Å². The Balaban J connectivity index is 1.80. The monoisotopic (exact) mass is 479 g/mol. The van der Waals surface area contributed by atoms with Gasteiger partial charge >= 0.3 is 0 Å². The summed E-state index contributed by atoms with van der Waals surface area (Å²) in [6.45, 7) is 2.96. The summed E-state index contributed by atoms with van der Waals surface area (Å²) in [6.07, 6.45) is 0. The predicted molar refractivity (Wildman–Crippen MR) is 131 cm³/mol. The second kappa shape index (κ2) is 9.18. The number of ether oxygens (including phenoxy) is 1. The summed E-state index contributed by atoms with van der Waals surface area (Å²) in [7, 11) is -2.70. The van der Waals surface area contributed by atoms with Gasteiger partial charge < -0.3 is 10.1 Å². The zero-order valence-electron chi connectivity index (χ0n) is 19.1. The number of fused-ring (bicyclic) bond motifs is 1. The SMILES string of the molecule is COc1ccc(C)cc1N(CC(=O)N1CC(=O)Nc2ccccc21)S(=O)(=O)c1ccc(C)cc1. The van der Waals surface area contributed by atoms with Crippen LogP contribution in [0.25, 0.3) is 0 Å². The van der Waals surface area contributed by atoms with Crippen molar-refractivity contribution in [3.63, 3.8) is 0 Å². The molecular weight excluding hydrogens is 454 g/mol. The lowest BCUT2D eigenvalue weighted by Gasteiger charge is -2.32. The van der Waals surface area contributed by atoms with Crippen LogP contribution < -0.4 is 19.3 Å².